The number of allylic oxidation sites excluding steroid dienone is 1. The monoisotopic (exact) mass is 314 g/mol. The summed E-state index contributed by atoms with van der Waals surface area (Å²) in [5.41, 5.74) is -2.64. The molecule has 0 aliphatic heterocycles. The quantitative estimate of drug-likeness (QED) is 0.372. The number of rotatable bonds is 0. The van der Waals surface area contributed by atoms with Crippen LogP contribution in [-0.4, -0.2) is 0 Å². The first-order chi connectivity index (χ1) is 9.43. The van der Waals surface area contributed by atoms with Crippen molar-refractivity contribution in [1.82, 2.24) is 0 Å². The highest BCUT2D eigenvalue weighted by atomic mass is 19.4. The molecule has 0 fully saturated rings. The number of aryl methyl sites for hydroxylation is 1. The predicted octanol–water partition coefficient (Wildman–Crippen LogP) is 6.64. The molecule has 0 saturated heterocycles. The van der Waals surface area contributed by atoms with Crippen LogP contribution in [0.2, 0.25) is 0 Å². The van der Waals surface area contributed by atoms with Crippen LogP contribution in [0.3, 0.4) is 0 Å². The van der Waals surface area contributed by atoms with Crippen molar-refractivity contribution in [3.8, 4) is 0 Å². The van der Waals surface area contributed by atoms with Crippen LogP contribution >= 0.6 is 0 Å². The molecule has 0 saturated carbocycles. The standard InChI is InChI=1S/C9H6F6.C3H8.C3H6/c1-5-2-6(8(10,11)12)4-7(3-5)9(13,14)15;2*1-3-2/h2-4H,1H3;3H2,1-2H3;3H,1H2,2H3. The van der Waals surface area contributed by atoms with E-state index in [2.05, 4.69) is 20.4 Å². The summed E-state index contributed by atoms with van der Waals surface area (Å²) in [4.78, 5) is 0. The highest BCUT2D eigenvalue weighted by Gasteiger charge is 2.36. The lowest BCUT2D eigenvalue weighted by Gasteiger charge is -2.12. The normalized spacial score (nSPS) is 10.8. The smallest absolute Gasteiger partial charge is 0.166 e. The predicted molar refractivity (Wildman–Crippen MR) is 73.0 cm³/mol. The summed E-state index contributed by atoms with van der Waals surface area (Å²) in [6, 6.07) is 1.46. The van der Waals surface area contributed by atoms with E-state index in [9.17, 15) is 26.3 Å². The summed E-state index contributed by atoms with van der Waals surface area (Å²) >= 11 is 0. The van der Waals surface area contributed by atoms with Crippen LogP contribution in [0.1, 0.15) is 43.9 Å². The van der Waals surface area contributed by atoms with Crippen molar-refractivity contribution in [2.24, 2.45) is 0 Å². The van der Waals surface area contributed by atoms with Crippen molar-refractivity contribution in [1.29, 1.82) is 0 Å². The Morgan fingerprint density at radius 1 is 0.905 bits per heavy atom. The lowest BCUT2D eigenvalue weighted by Crippen LogP contribution is -2.11. The second-order valence-corrected chi connectivity index (χ2v) is 4.20. The molecule has 0 aliphatic rings. The molecule has 6 heteroatoms. The van der Waals surface area contributed by atoms with Crippen LogP contribution in [0, 0.1) is 6.92 Å². The van der Waals surface area contributed by atoms with Gasteiger partial charge in [0.2, 0.25) is 0 Å². The summed E-state index contributed by atoms with van der Waals surface area (Å²) in [5, 5.41) is 0. The van der Waals surface area contributed by atoms with E-state index in [1.807, 2.05) is 6.92 Å². The summed E-state index contributed by atoms with van der Waals surface area (Å²) in [5.74, 6) is 0. The van der Waals surface area contributed by atoms with Crippen molar-refractivity contribution in [3.05, 3.63) is 47.5 Å². The first-order valence-electron chi connectivity index (χ1n) is 6.27. The van der Waals surface area contributed by atoms with Gasteiger partial charge in [0.15, 0.2) is 0 Å². The number of hydrogen-bond donors (Lipinski definition) is 0. The summed E-state index contributed by atoms with van der Waals surface area (Å²) in [7, 11) is 0. The van der Waals surface area contributed by atoms with Gasteiger partial charge in [0.05, 0.1) is 11.1 Å². The first kappa shape index (κ1) is 21.8. The zero-order valence-electron chi connectivity index (χ0n) is 12.5. The van der Waals surface area contributed by atoms with Gasteiger partial charge in [-0.1, -0.05) is 26.3 Å². The molecule has 0 unspecified atom stereocenters. The molecule has 0 aliphatic carbocycles. The fourth-order valence-electron chi connectivity index (χ4n) is 1.11. The maximum atomic E-state index is 12.2. The Hall–Kier alpha value is -1.46. The fourth-order valence-corrected chi connectivity index (χ4v) is 1.11. The van der Waals surface area contributed by atoms with Gasteiger partial charge in [0.25, 0.3) is 0 Å². The van der Waals surface area contributed by atoms with Crippen LogP contribution in [0.5, 0.6) is 0 Å². The summed E-state index contributed by atoms with van der Waals surface area (Å²) < 4.78 is 73.0. The summed E-state index contributed by atoms with van der Waals surface area (Å²) in [6.07, 6.45) is -6.52. The minimum Gasteiger partial charge on any atom is -0.166 e. The van der Waals surface area contributed by atoms with Gasteiger partial charge in [0, 0.05) is 0 Å². The van der Waals surface area contributed by atoms with Crippen molar-refractivity contribution < 1.29 is 26.3 Å². The Bertz CT molecular complexity index is 383. The molecule has 1 aromatic rings. The third-order valence-corrected chi connectivity index (χ3v) is 1.73. The van der Waals surface area contributed by atoms with Crippen LogP contribution in [0.4, 0.5) is 26.3 Å². The van der Waals surface area contributed by atoms with E-state index in [-0.39, 0.29) is 11.6 Å². The van der Waals surface area contributed by atoms with E-state index >= 15 is 0 Å². The largest absolute Gasteiger partial charge is 0.416 e. The van der Waals surface area contributed by atoms with Crippen molar-refractivity contribution in [2.75, 3.05) is 0 Å². The maximum Gasteiger partial charge on any atom is 0.416 e. The Morgan fingerprint density at radius 2 is 1.14 bits per heavy atom. The van der Waals surface area contributed by atoms with E-state index in [0.29, 0.717) is 12.1 Å². The topological polar surface area (TPSA) is 0 Å². The van der Waals surface area contributed by atoms with Crippen molar-refractivity contribution in [3.63, 3.8) is 0 Å². The third kappa shape index (κ3) is 9.98. The van der Waals surface area contributed by atoms with E-state index in [4.69, 9.17) is 0 Å². The molecule has 1 aromatic carbocycles. The average molecular weight is 314 g/mol. The van der Waals surface area contributed by atoms with Gasteiger partial charge in [-0.2, -0.15) is 26.3 Å². The van der Waals surface area contributed by atoms with Gasteiger partial charge in [-0.15, -0.1) is 6.58 Å². The van der Waals surface area contributed by atoms with E-state index in [0.717, 1.165) is 0 Å². The van der Waals surface area contributed by atoms with Gasteiger partial charge >= 0.3 is 12.4 Å². The second kappa shape index (κ2) is 9.47. The number of halogens is 6. The molecule has 0 N–H and O–H groups in total. The number of hydrogen-bond acceptors (Lipinski definition) is 0. The van der Waals surface area contributed by atoms with Crippen LogP contribution in [0.25, 0.3) is 0 Å². The Kier molecular flexibility index (Phi) is 9.85. The van der Waals surface area contributed by atoms with Crippen LogP contribution in [0.15, 0.2) is 30.9 Å². The summed E-state index contributed by atoms with van der Waals surface area (Å²) in [6.45, 7) is 10.7. The minimum absolute atomic E-state index is 0.0721. The molecule has 0 nitrogen and oxygen atoms in total. The highest BCUT2D eigenvalue weighted by Crippen LogP contribution is 2.35. The number of alkyl halides is 6. The SMILES string of the molecule is C=CC.CCC.Cc1cc(C(F)(F)F)cc(C(F)(F)F)c1. The second-order valence-electron chi connectivity index (χ2n) is 4.20. The zero-order valence-corrected chi connectivity index (χ0v) is 12.5. The molecule has 0 radical (unpaired) electrons. The Balaban J connectivity index is 0. The van der Waals surface area contributed by atoms with Crippen LogP contribution < -0.4 is 0 Å². The molecule has 0 atom stereocenters. The maximum absolute atomic E-state index is 12.2. The molecule has 0 amide bonds. The van der Waals surface area contributed by atoms with E-state index in [1.165, 1.54) is 13.3 Å². The average Bonchev–Trinajstić information content (AvgIpc) is 2.28. The third-order valence-electron chi connectivity index (χ3n) is 1.73. The molecule has 122 valence electrons. The zero-order chi connectivity index (χ0) is 17.3. The fraction of sp³-hybridized carbons (Fsp3) is 0.467. The van der Waals surface area contributed by atoms with Gasteiger partial charge in [0.1, 0.15) is 0 Å². The van der Waals surface area contributed by atoms with E-state index in [1.54, 1.807) is 6.08 Å². The molecule has 0 spiro atoms. The Labute approximate surface area is 121 Å². The van der Waals surface area contributed by atoms with Gasteiger partial charge in [-0.25, -0.2) is 0 Å². The molecule has 21 heavy (non-hydrogen) atoms. The molecule has 0 aromatic heterocycles. The Morgan fingerprint density at radius 3 is 1.33 bits per heavy atom. The first-order valence-corrected chi connectivity index (χ1v) is 6.27. The molecule has 1 rings (SSSR count). The van der Waals surface area contributed by atoms with Gasteiger partial charge in [-0.3, -0.25) is 0 Å². The van der Waals surface area contributed by atoms with Crippen molar-refractivity contribution in [2.45, 2.75) is 46.5 Å². The number of benzene rings is 1. The lowest BCUT2D eigenvalue weighted by atomic mass is 10.1. The molecular formula is C15H20F6. The van der Waals surface area contributed by atoms with Crippen LogP contribution in [-0.2, 0) is 12.4 Å². The minimum atomic E-state index is -4.76. The lowest BCUT2D eigenvalue weighted by molar-refractivity contribution is -0.143. The van der Waals surface area contributed by atoms with Gasteiger partial charge in [-0.05, 0) is 37.6 Å². The molecular weight excluding hydrogens is 294 g/mol. The van der Waals surface area contributed by atoms with E-state index < -0.39 is 23.5 Å². The molecule has 0 heterocycles. The molecule has 0 bridgehead atoms. The highest BCUT2D eigenvalue weighted by molar-refractivity contribution is 5.32. The van der Waals surface area contributed by atoms with Crippen molar-refractivity contribution >= 4 is 0 Å². The van der Waals surface area contributed by atoms with Gasteiger partial charge < -0.3 is 0 Å².